The summed E-state index contributed by atoms with van der Waals surface area (Å²) in [5, 5.41) is 5.75. The summed E-state index contributed by atoms with van der Waals surface area (Å²) in [7, 11) is 0. The first-order valence-electron chi connectivity index (χ1n) is 7.55. The maximum absolute atomic E-state index is 11.9. The van der Waals surface area contributed by atoms with Gasteiger partial charge in [0.2, 0.25) is 11.8 Å². The summed E-state index contributed by atoms with van der Waals surface area (Å²) < 4.78 is 0. The zero-order valence-corrected chi connectivity index (χ0v) is 12.7. The van der Waals surface area contributed by atoms with Gasteiger partial charge in [-0.05, 0) is 37.1 Å². The van der Waals surface area contributed by atoms with Crippen molar-refractivity contribution in [3.05, 3.63) is 29.8 Å². The van der Waals surface area contributed by atoms with Gasteiger partial charge in [0, 0.05) is 12.2 Å². The Hall–Kier alpha value is -1.88. The van der Waals surface area contributed by atoms with Crippen molar-refractivity contribution in [2.75, 3.05) is 18.0 Å². The topological polar surface area (TPSA) is 61.4 Å². The summed E-state index contributed by atoms with van der Waals surface area (Å²) in [6, 6.07) is 7.78. The molecule has 0 saturated carbocycles. The predicted molar refractivity (Wildman–Crippen MR) is 83.0 cm³/mol. The summed E-state index contributed by atoms with van der Waals surface area (Å²) in [5.41, 5.74) is 2.12. The summed E-state index contributed by atoms with van der Waals surface area (Å²) in [5.74, 6) is -0.444. The van der Waals surface area contributed by atoms with Crippen molar-refractivity contribution in [2.24, 2.45) is 0 Å². The van der Waals surface area contributed by atoms with Gasteiger partial charge in [0.05, 0.1) is 6.54 Å². The van der Waals surface area contributed by atoms with E-state index in [0.29, 0.717) is 6.42 Å². The van der Waals surface area contributed by atoms with E-state index in [-0.39, 0.29) is 24.4 Å². The van der Waals surface area contributed by atoms with Gasteiger partial charge in [0.15, 0.2) is 0 Å². The highest BCUT2D eigenvalue weighted by Crippen LogP contribution is 2.21. The first-order valence-corrected chi connectivity index (χ1v) is 7.55. The van der Waals surface area contributed by atoms with Crippen LogP contribution >= 0.6 is 0 Å². The Labute approximate surface area is 125 Å². The van der Waals surface area contributed by atoms with Crippen molar-refractivity contribution in [1.82, 2.24) is 10.6 Å². The molecule has 1 fully saturated rings. The summed E-state index contributed by atoms with van der Waals surface area (Å²) in [6.45, 7) is 6.17. The van der Waals surface area contributed by atoms with Gasteiger partial charge in [-0.2, -0.15) is 0 Å². The van der Waals surface area contributed by atoms with E-state index in [2.05, 4.69) is 17.6 Å². The molecule has 5 nitrogen and oxygen atoms in total. The Bertz CT molecular complexity index is 499. The van der Waals surface area contributed by atoms with Crippen molar-refractivity contribution in [1.29, 1.82) is 0 Å². The second-order valence-electron chi connectivity index (χ2n) is 5.31. The molecule has 1 unspecified atom stereocenters. The van der Waals surface area contributed by atoms with Crippen LogP contribution in [0.15, 0.2) is 24.3 Å². The Balaban J connectivity index is 2.09. The molecule has 1 saturated heterocycles. The minimum absolute atomic E-state index is 0.206. The monoisotopic (exact) mass is 289 g/mol. The normalized spacial score (nSPS) is 18.8. The van der Waals surface area contributed by atoms with E-state index in [1.54, 1.807) is 0 Å². The van der Waals surface area contributed by atoms with Crippen LogP contribution in [0.1, 0.15) is 32.3 Å². The van der Waals surface area contributed by atoms with Crippen LogP contribution in [0.25, 0.3) is 0 Å². The molecule has 1 heterocycles. The summed E-state index contributed by atoms with van der Waals surface area (Å²) in [6.07, 6.45) is 1.79. The number of nitrogens with zero attached hydrogens (tertiary/aromatic N) is 1. The Kier molecular flexibility index (Phi) is 5.33. The molecule has 2 rings (SSSR count). The number of amides is 2. The number of rotatable bonds is 6. The van der Waals surface area contributed by atoms with Gasteiger partial charge < -0.3 is 10.2 Å². The first kappa shape index (κ1) is 15.5. The largest absolute Gasteiger partial charge is 0.350 e. The molecule has 0 aromatic heterocycles. The summed E-state index contributed by atoms with van der Waals surface area (Å²) in [4.78, 5) is 25.3. The van der Waals surface area contributed by atoms with Crippen LogP contribution in [0, 0.1) is 0 Å². The molecule has 0 radical (unpaired) electrons. The third-order valence-electron chi connectivity index (χ3n) is 3.67. The van der Waals surface area contributed by atoms with Crippen molar-refractivity contribution < 1.29 is 9.59 Å². The maximum atomic E-state index is 11.9. The van der Waals surface area contributed by atoms with E-state index in [9.17, 15) is 9.59 Å². The van der Waals surface area contributed by atoms with Gasteiger partial charge in [-0.1, -0.05) is 26.0 Å². The van der Waals surface area contributed by atoms with Gasteiger partial charge in [0.1, 0.15) is 6.04 Å². The highest BCUT2D eigenvalue weighted by Gasteiger charge is 2.32. The van der Waals surface area contributed by atoms with Crippen LogP contribution in [0.5, 0.6) is 0 Å². The standard InChI is InChI=1S/C16H23N3O2/c1-3-9-17-10-12-5-7-13(8-6-12)19-11-15(20)18-16(21)14(19)4-2/h5-8,14,17H,3-4,9-11H2,1-2H3,(H,18,20,21). The molecule has 114 valence electrons. The Morgan fingerprint density at radius 3 is 2.57 bits per heavy atom. The third-order valence-corrected chi connectivity index (χ3v) is 3.67. The second kappa shape index (κ2) is 7.22. The van der Waals surface area contributed by atoms with E-state index >= 15 is 0 Å². The number of piperazine rings is 1. The van der Waals surface area contributed by atoms with Crippen molar-refractivity contribution in [3.63, 3.8) is 0 Å². The van der Waals surface area contributed by atoms with Crippen LogP contribution in [0.4, 0.5) is 5.69 Å². The summed E-state index contributed by atoms with van der Waals surface area (Å²) >= 11 is 0. The SMILES string of the molecule is CCCNCc1ccc(N2CC(=O)NC(=O)C2CC)cc1. The molecular weight excluding hydrogens is 266 g/mol. The van der Waals surface area contributed by atoms with Crippen LogP contribution in [0.3, 0.4) is 0 Å². The highest BCUT2D eigenvalue weighted by molar-refractivity contribution is 6.04. The fourth-order valence-corrected chi connectivity index (χ4v) is 2.56. The van der Waals surface area contributed by atoms with Crippen LogP contribution in [-0.4, -0.2) is 30.9 Å². The minimum atomic E-state index is -0.272. The average Bonchev–Trinajstić information content (AvgIpc) is 2.47. The zero-order chi connectivity index (χ0) is 15.2. The molecule has 1 aromatic carbocycles. The molecule has 0 spiro atoms. The zero-order valence-electron chi connectivity index (χ0n) is 12.7. The first-order chi connectivity index (χ1) is 10.2. The number of imide groups is 1. The van der Waals surface area contributed by atoms with Crippen LogP contribution in [0.2, 0.25) is 0 Å². The van der Waals surface area contributed by atoms with Gasteiger partial charge in [-0.3, -0.25) is 14.9 Å². The van der Waals surface area contributed by atoms with E-state index < -0.39 is 0 Å². The fourth-order valence-electron chi connectivity index (χ4n) is 2.56. The molecular formula is C16H23N3O2. The predicted octanol–water partition coefficient (Wildman–Crippen LogP) is 1.43. The average molecular weight is 289 g/mol. The Morgan fingerprint density at radius 2 is 1.95 bits per heavy atom. The van der Waals surface area contributed by atoms with E-state index in [1.807, 2.05) is 36.1 Å². The number of hydrogen-bond donors (Lipinski definition) is 2. The quantitative estimate of drug-likeness (QED) is 0.614. The number of anilines is 1. The number of hydrogen-bond acceptors (Lipinski definition) is 4. The molecule has 0 bridgehead atoms. The molecule has 5 heteroatoms. The van der Waals surface area contributed by atoms with Gasteiger partial charge >= 0.3 is 0 Å². The van der Waals surface area contributed by atoms with Gasteiger partial charge in [-0.25, -0.2) is 0 Å². The third kappa shape index (κ3) is 3.82. The van der Waals surface area contributed by atoms with Crippen molar-refractivity contribution >= 4 is 17.5 Å². The van der Waals surface area contributed by atoms with E-state index in [4.69, 9.17) is 0 Å². The Morgan fingerprint density at radius 1 is 1.24 bits per heavy atom. The van der Waals surface area contributed by atoms with Crippen LogP contribution in [-0.2, 0) is 16.1 Å². The molecule has 2 amide bonds. The lowest BCUT2D eigenvalue weighted by Gasteiger charge is -2.35. The smallest absolute Gasteiger partial charge is 0.249 e. The lowest BCUT2D eigenvalue weighted by Crippen LogP contribution is -2.58. The van der Waals surface area contributed by atoms with E-state index in [0.717, 1.165) is 25.2 Å². The maximum Gasteiger partial charge on any atom is 0.249 e. The molecule has 21 heavy (non-hydrogen) atoms. The second-order valence-corrected chi connectivity index (χ2v) is 5.31. The number of benzene rings is 1. The van der Waals surface area contributed by atoms with Crippen molar-refractivity contribution in [3.8, 4) is 0 Å². The molecule has 1 atom stereocenters. The number of nitrogens with one attached hydrogen (secondary N) is 2. The lowest BCUT2D eigenvalue weighted by molar-refractivity contribution is -0.132. The van der Waals surface area contributed by atoms with Crippen LogP contribution < -0.4 is 15.5 Å². The van der Waals surface area contributed by atoms with Gasteiger partial charge in [-0.15, -0.1) is 0 Å². The molecule has 1 aliphatic heterocycles. The molecule has 2 N–H and O–H groups in total. The van der Waals surface area contributed by atoms with E-state index in [1.165, 1.54) is 5.56 Å². The number of carbonyl (C=O) groups is 2. The minimum Gasteiger partial charge on any atom is -0.350 e. The highest BCUT2D eigenvalue weighted by atomic mass is 16.2. The van der Waals surface area contributed by atoms with Gasteiger partial charge in [0.25, 0.3) is 0 Å². The van der Waals surface area contributed by atoms with Crippen molar-refractivity contribution in [2.45, 2.75) is 39.3 Å². The lowest BCUT2D eigenvalue weighted by atomic mass is 10.1. The molecule has 1 aromatic rings. The molecule has 1 aliphatic rings. The fraction of sp³-hybridized carbons (Fsp3) is 0.500. The number of carbonyl (C=O) groups excluding carboxylic acids is 2. The molecule has 0 aliphatic carbocycles.